The third-order valence-electron chi connectivity index (χ3n) is 3.09. The van der Waals surface area contributed by atoms with Gasteiger partial charge < -0.3 is 15.0 Å². The predicted molar refractivity (Wildman–Crippen MR) is 84.0 cm³/mol. The monoisotopic (exact) mass is 372 g/mol. The van der Waals surface area contributed by atoms with Crippen LogP contribution in [0.25, 0.3) is 0 Å². The van der Waals surface area contributed by atoms with Crippen LogP contribution in [0.2, 0.25) is 0 Å². The third-order valence-corrected chi connectivity index (χ3v) is 3.75. The molecule has 0 atom stereocenters. The molecule has 0 aliphatic carbocycles. The summed E-state index contributed by atoms with van der Waals surface area (Å²) in [6, 6.07) is 4.04. The van der Waals surface area contributed by atoms with E-state index >= 15 is 0 Å². The van der Waals surface area contributed by atoms with Crippen molar-refractivity contribution in [3.8, 4) is 0 Å². The van der Waals surface area contributed by atoms with Crippen LogP contribution in [-0.4, -0.2) is 35.6 Å². The van der Waals surface area contributed by atoms with Gasteiger partial charge >= 0.3 is 6.09 Å². The highest BCUT2D eigenvalue weighted by Gasteiger charge is 2.37. The van der Waals surface area contributed by atoms with Crippen molar-refractivity contribution in [1.29, 1.82) is 0 Å². The molecule has 1 aromatic carbocycles. The minimum Gasteiger partial charge on any atom is -0.444 e. The molecular weight excluding hydrogens is 355 g/mol. The normalized spacial score (nSPS) is 15.2. The predicted octanol–water partition coefficient (Wildman–Crippen LogP) is 3.39. The number of rotatable bonds is 2. The molecule has 1 heterocycles. The van der Waals surface area contributed by atoms with Gasteiger partial charge in [0.2, 0.25) is 5.91 Å². The molecule has 22 heavy (non-hydrogen) atoms. The quantitative estimate of drug-likeness (QED) is 0.865. The number of hydrogen-bond acceptors (Lipinski definition) is 3. The second-order valence-electron chi connectivity index (χ2n) is 6.20. The summed E-state index contributed by atoms with van der Waals surface area (Å²) in [4.78, 5) is 25.3. The van der Waals surface area contributed by atoms with Gasteiger partial charge in [-0.2, -0.15) is 0 Å². The SMILES string of the molecule is CC(C)(C)OC(=O)N1CC(C(=O)Nc2ccc(F)cc2Br)C1. The van der Waals surface area contributed by atoms with E-state index in [1.54, 1.807) is 20.8 Å². The number of carbonyl (C=O) groups is 2. The second-order valence-corrected chi connectivity index (χ2v) is 7.05. The first-order valence-electron chi connectivity index (χ1n) is 6.89. The average molecular weight is 373 g/mol. The zero-order chi connectivity index (χ0) is 16.5. The van der Waals surface area contributed by atoms with E-state index in [0.717, 1.165) is 0 Å². The Bertz CT molecular complexity index is 595. The van der Waals surface area contributed by atoms with Crippen LogP contribution in [0.15, 0.2) is 22.7 Å². The van der Waals surface area contributed by atoms with E-state index < -0.39 is 11.7 Å². The van der Waals surface area contributed by atoms with Crippen molar-refractivity contribution in [3.63, 3.8) is 0 Å². The minimum atomic E-state index is -0.552. The van der Waals surface area contributed by atoms with Crippen LogP contribution < -0.4 is 5.32 Å². The molecule has 0 radical (unpaired) electrons. The van der Waals surface area contributed by atoms with Gasteiger partial charge in [-0.3, -0.25) is 4.79 Å². The van der Waals surface area contributed by atoms with Gasteiger partial charge in [0, 0.05) is 17.6 Å². The summed E-state index contributed by atoms with van der Waals surface area (Å²) in [6.07, 6.45) is -0.417. The van der Waals surface area contributed by atoms with Gasteiger partial charge in [-0.15, -0.1) is 0 Å². The van der Waals surface area contributed by atoms with E-state index in [2.05, 4.69) is 21.2 Å². The molecule has 0 spiro atoms. The number of carbonyl (C=O) groups excluding carboxylic acids is 2. The number of ether oxygens (including phenoxy) is 1. The lowest BCUT2D eigenvalue weighted by Gasteiger charge is -2.38. The number of halogens is 2. The minimum absolute atomic E-state index is 0.202. The van der Waals surface area contributed by atoms with E-state index in [0.29, 0.717) is 23.2 Å². The van der Waals surface area contributed by atoms with Crippen LogP contribution in [0.5, 0.6) is 0 Å². The van der Waals surface area contributed by atoms with E-state index in [4.69, 9.17) is 4.74 Å². The van der Waals surface area contributed by atoms with Gasteiger partial charge in [0.15, 0.2) is 0 Å². The maximum atomic E-state index is 13.0. The second kappa shape index (κ2) is 6.24. The Kier molecular flexibility index (Phi) is 4.75. The molecule has 1 saturated heterocycles. The first-order chi connectivity index (χ1) is 10.2. The van der Waals surface area contributed by atoms with E-state index in [-0.39, 0.29) is 17.6 Å². The number of benzene rings is 1. The molecule has 0 aromatic heterocycles. The fourth-order valence-corrected chi connectivity index (χ4v) is 2.40. The maximum Gasteiger partial charge on any atom is 0.410 e. The van der Waals surface area contributed by atoms with Crippen molar-refractivity contribution in [2.24, 2.45) is 5.92 Å². The van der Waals surface area contributed by atoms with Crippen LogP contribution in [0.3, 0.4) is 0 Å². The molecular formula is C15H18BrFN2O3. The largest absolute Gasteiger partial charge is 0.444 e. The number of nitrogens with one attached hydrogen (secondary N) is 1. The Morgan fingerprint density at radius 2 is 2.00 bits per heavy atom. The topological polar surface area (TPSA) is 58.6 Å². The Morgan fingerprint density at radius 3 is 2.55 bits per heavy atom. The highest BCUT2D eigenvalue weighted by Crippen LogP contribution is 2.25. The van der Waals surface area contributed by atoms with Gasteiger partial charge in [0.25, 0.3) is 0 Å². The Hall–Kier alpha value is -1.63. The molecule has 1 N–H and O–H groups in total. The first kappa shape index (κ1) is 16.7. The van der Waals surface area contributed by atoms with Crippen LogP contribution in [0, 0.1) is 11.7 Å². The number of nitrogens with zero attached hydrogens (tertiary/aromatic N) is 1. The molecule has 1 fully saturated rings. The molecule has 7 heteroatoms. The molecule has 5 nitrogen and oxygen atoms in total. The van der Waals surface area contributed by atoms with Crippen LogP contribution in [-0.2, 0) is 9.53 Å². The summed E-state index contributed by atoms with van der Waals surface area (Å²) in [6.45, 7) is 6.02. The van der Waals surface area contributed by atoms with Crippen LogP contribution in [0.4, 0.5) is 14.9 Å². The number of hydrogen-bond donors (Lipinski definition) is 1. The maximum absolute atomic E-state index is 13.0. The molecule has 120 valence electrons. The molecule has 0 unspecified atom stereocenters. The Morgan fingerprint density at radius 1 is 1.36 bits per heavy atom. The number of likely N-dealkylation sites (tertiary alicyclic amines) is 1. The summed E-state index contributed by atoms with van der Waals surface area (Å²) in [5, 5.41) is 2.72. The van der Waals surface area contributed by atoms with Gasteiger partial charge in [-0.1, -0.05) is 0 Å². The van der Waals surface area contributed by atoms with Gasteiger partial charge in [0.05, 0.1) is 11.6 Å². The molecule has 1 aliphatic heterocycles. The fraction of sp³-hybridized carbons (Fsp3) is 0.467. The fourth-order valence-electron chi connectivity index (χ4n) is 1.95. The summed E-state index contributed by atoms with van der Waals surface area (Å²) in [7, 11) is 0. The van der Waals surface area contributed by atoms with Gasteiger partial charge in [-0.05, 0) is 54.9 Å². The molecule has 2 rings (SSSR count). The van der Waals surface area contributed by atoms with Crippen molar-refractivity contribution in [3.05, 3.63) is 28.5 Å². The number of anilines is 1. The zero-order valence-corrected chi connectivity index (χ0v) is 14.2. The van der Waals surface area contributed by atoms with Crippen molar-refractivity contribution in [2.75, 3.05) is 18.4 Å². The van der Waals surface area contributed by atoms with Crippen molar-refractivity contribution < 1.29 is 18.7 Å². The molecule has 1 aromatic rings. The van der Waals surface area contributed by atoms with Crippen LogP contribution in [0.1, 0.15) is 20.8 Å². The summed E-state index contributed by atoms with van der Waals surface area (Å²) >= 11 is 3.19. The van der Waals surface area contributed by atoms with E-state index in [1.165, 1.54) is 23.1 Å². The Balaban J connectivity index is 1.85. The lowest BCUT2D eigenvalue weighted by atomic mass is 10.00. The molecule has 0 saturated carbocycles. The Labute approximate surface area is 136 Å². The average Bonchev–Trinajstić information content (AvgIpc) is 2.28. The molecule has 2 amide bonds. The van der Waals surface area contributed by atoms with E-state index in [9.17, 15) is 14.0 Å². The first-order valence-corrected chi connectivity index (χ1v) is 7.69. The smallest absolute Gasteiger partial charge is 0.410 e. The number of amides is 2. The summed E-state index contributed by atoms with van der Waals surface area (Å²) in [5.74, 6) is -0.874. The molecule has 0 bridgehead atoms. The highest BCUT2D eigenvalue weighted by atomic mass is 79.9. The third kappa shape index (κ3) is 4.19. The highest BCUT2D eigenvalue weighted by molar-refractivity contribution is 9.10. The lowest BCUT2D eigenvalue weighted by Crippen LogP contribution is -2.55. The zero-order valence-electron chi connectivity index (χ0n) is 12.7. The molecule has 1 aliphatic rings. The van der Waals surface area contributed by atoms with Crippen molar-refractivity contribution in [1.82, 2.24) is 4.90 Å². The van der Waals surface area contributed by atoms with Crippen molar-refractivity contribution >= 4 is 33.6 Å². The summed E-state index contributed by atoms with van der Waals surface area (Å²) in [5.41, 5.74) is -0.0502. The van der Waals surface area contributed by atoms with Crippen LogP contribution >= 0.6 is 15.9 Å². The lowest BCUT2D eigenvalue weighted by molar-refractivity contribution is -0.124. The van der Waals surface area contributed by atoms with Gasteiger partial charge in [-0.25, -0.2) is 9.18 Å². The standard InChI is InChI=1S/C15H18BrFN2O3/c1-15(2,3)22-14(21)19-7-9(8-19)13(20)18-12-5-4-10(17)6-11(12)16/h4-6,9H,7-8H2,1-3H3,(H,18,20). The van der Waals surface area contributed by atoms with Crippen molar-refractivity contribution in [2.45, 2.75) is 26.4 Å². The van der Waals surface area contributed by atoms with E-state index in [1.807, 2.05) is 0 Å². The summed E-state index contributed by atoms with van der Waals surface area (Å²) < 4.78 is 18.7. The van der Waals surface area contributed by atoms with Gasteiger partial charge in [0.1, 0.15) is 11.4 Å².